The molecule has 140 valence electrons. The van der Waals surface area contributed by atoms with Gasteiger partial charge in [0.25, 0.3) is 5.91 Å². The van der Waals surface area contributed by atoms with Gasteiger partial charge in [-0.1, -0.05) is 64.6 Å². The van der Waals surface area contributed by atoms with Gasteiger partial charge in [-0.25, -0.2) is 0 Å². The molecular formula is C16H11Cl4F3N2O. The second kappa shape index (κ2) is 8.13. The van der Waals surface area contributed by atoms with Crippen molar-refractivity contribution < 1.29 is 18.0 Å². The molecule has 26 heavy (non-hydrogen) atoms. The zero-order chi connectivity index (χ0) is 19.5. The second-order valence-corrected chi connectivity index (χ2v) is 7.93. The Morgan fingerprint density at radius 1 is 1.00 bits per heavy atom. The van der Waals surface area contributed by atoms with Crippen LogP contribution in [0, 0.1) is 0 Å². The Hall–Kier alpha value is -1.34. The molecule has 0 aromatic heterocycles. The Labute approximate surface area is 167 Å². The molecule has 10 heteroatoms. The van der Waals surface area contributed by atoms with Crippen LogP contribution in [-0.4, -0.2) is 15.9 Å². The highest BCUT2D eigenvalue weighted by atomic mass is 35.6. The predicted molar refractivity (Wildman–Crippen MR) is 98.1 cm³/mol. The number of hydrogen-bond acceptors (Lipinski definition) is 2. The third-order valence-electron chi connectivity index (χ3n) is 3.23. The maximum atomic E-state index is 12.9. The van der Waals surface area contributed by atoms with Crippen LogP contribution in [0.25, 0.3) is 0 Å². The van der Waals surface area contributed by atoms with Crippen LogP contribution in [0.4, 0.5) is 18.9 Å². The van der Waals surface area contributed by atoms with E-state index in [1.165, 1.54) is 12.1 Å². The molecule has 1 unspecified atom stereocenters. The molecule has 1 amide bonds. The van der Waals surface area contributed by atoms with Gasteiger partial charge in [-0.05, 0) is 30.3 Å². The molecule has 0 saturated carbocycles. The minimum absolute atomic E-state index is 0.0359. The van der Waals surface area contributed by atoms with E-state index in [2.05, 4.69) is 10.6 Å². The maximum absolute atomic E-state index is 12.9. The van der Waals surface area contributed by atoms with Crippen molar-refractivity contribution >= 4 is 58.0 Å². The average molecular weight is 446 g/mol. The summed E-state index contributed by atoms with van der Waals surface area (Å²) in [6, 6.07) is 10.7. The molecule has 2 N–H and O–H groups in total. The first-order valence-corrected chi connectivity index (χ1v) is 8.55. The number of nitrogens with one attached hydrogen (secondary N) is 2. The average Bonchev–Trinajstić information content (AvgIpc) is 2.54. The van der Waals surface area contributed by atoms with Crippen LogP contribution in [0.1, 0.15) is 15.9 Å². The van der Waals surface area contributed by atoms with E-state index < -0.39 is 27.6 Å². The molecule has 0 aliphatic heterocycles. The Balaban J connectivity index is 2.28. The Morgan fingerprint density at radius 3 is 2.15 bits per heavy atom. The highest BCUT2D eigenvalue weighted by Crippen LogP contribution is 2.36. The lowest BCUT2D eigenvalue weighted by atomic mass is 10.2. The van der Waals surface area contributed by atoms with Gasteiger partial charge >= 0.3 is 6.18 Å². The topological polar surface area (TPSA) is 41.1 Å². The maximum Gasteiger partial charge on any atom is 0.416 e. The van der Waals surface area contributed by atoms with Gasteiger partial charge in [0.1, 0.15) is 6.17 Å². The van der Waals surface area contributed by atoms with E-state index in [0.29, 0.717) is 0 Å². The van der Waals surface area contributed by atoms with Crippen LogP contribution in [0.15, 0.2) is 48.5 Å². The summed E-state index contributed by atoms with van der Waals surface area (Å²) in [6.07, 6.45) is -5.93. The van der Waals surface area contributed by atoms with E-state index in [1.54, 1.807) is 18.2 Å². The van der Waals surface area contributed by atoms with Crippen LogP contribution in [0.2, 0.25) is 5.02 Å². The molecule has 0 heterocycles. The first-order chi connectivity index (χ1) is 12.0. The number of halogens is 7. The molecule has 2 rings (SSSR count). The lowest BCUT2D eigenvalue weighted by molar-refractivity contribution is -0.137. The molecule has 2 aromatic carbocycles. The van der Waals surface area contributed by atoms with E-state index in [1.807, 2.05) is 0 Å². The van der Waals surface area contributed by atoms with E-state index in [4.69, 9.17) is 46.4 Å². The van der Waals surface area contributed by atoms with Gasteiger partial charge in [0.15, 0.2) is 0 Å². The highest BCUT2D eigenvalue weighted by Gasteiger charge is 2.36. The molecule has 0 bridgehead atoms. The predicted octanol–water partition coefficient (Wildman–Crippen LogP) is 5.90. The summed E-state index contributed by atoms with van der Waals surface area (Å²) in [5, 5.41) is 4.93. The van der Waals surface area contributed by atoms with Crippen molar-refractivity contribution in [1.29, 1.82) is 0 Å². The third-order valence-corrected chi connectivity index (χ3v) is 4.22. The highest BCUT2D eigenvalue weighted by molar-refractivity contribution is 6.68. The number of benzene rings is 2. The molecule has 0 aliphatic rings. The fourth-order valence-electron chi connectivity index (χ4n) is 1.97. The van der Waals surface area contributed by atoms with Gasteiger partial charge in [-0.3, -0.25) is 4.79 Å². The SMILES string of the molecule is O=C(NC(Nc1cc(C(F)(F)F)ccc1Cl)C(Cl)(Cl)Cl)c1ccccc1. The molecule has 2 aromatic rings. The molecular weight excluding hydrogens is 435 g/mol. The smallest absolute Gasteiger partial charge is 0.361 e. The quantitative estimate of drug-likeness (QED) is 0.454. The lowest BCUT2D eigenvalue weighted by Gasteiger charge is -2.28. The fraction of sp³-hybridized carbons (Fsp3) is 0.188. The van der Waals surface area contributed by atoms with Gasteiger partial charge < -0.3 is 10.6 Å². The van der Waals surface area contributed by atoms with Crippen molar-refractivity contribution in [3.63, 3.8) is 0 Å². The van der Waals surface area contributed by atoms with Crippen LogP contribution in [0.3, 0.4) is 0 Å². The van der Waals surface area contributed by atoms with Crippen molar-refractivity contribution in [3.05, 3.63) is 64.7 Å². The summed E-state index contributed by atoms with van der Waals surface area (Å²) in [5.74, 6) is -0.586. The molecule has 0 aliphatic carbocycles. The number of anilines is 1. The molecule has 0 radical (unpaired) electrons. The van der Waals surface area contributed by atoms with Crippen molar-refractivity contribution in [2.45, 2.75) is 16.1 Å². The number of alkyl halides is 6. The minimum Gasteiger partial charge on any atom is -0.361 e. The molecule has 1 atom stereocenters. The van der Waals surface area contributed by atoms with Crippen molar-refractivity contribution in [2.24, 2.45) is 0 Å². The largest absolute Gasteiger partial charge is 0.416 e. The van der Waals surface area contributed by atoms with E-state index in [-0.39, 0.29) is 16.3 Å². The lowest BCUT2D eigenvalue weighted by Crippen LogP contribution is -2.49. The monoisotopic (exact) mass is 444 g/mol. The summed E-state index contributed by atoms with van der Waals surface area (Å²) in [4.78, 5) is 12.3. The zero-order valence-corrected chi connectivity index (χ0v) is 15.8. The van der Waals surface area contributed by atoms with E-state index >= 15 is 0 Å². The Bertz CT molecular complexity index is 779. The van der Waals surface area contributed by atoms with Crippen LogP contribution >= 0.6 is 46.4 Å². The summed E-state index contributed by atoms with van der Waals surface area (Å²) in [5.41, 5.74) is -0.809. The van der Waals surface area contributed by atoms with Gasteiger partial charge in [0.2, 0.25) is 3.79 Å². The van der Waals surface area contributed by atoms with E-state index in [9.17, 15) is 18.0 Å². The first-order valence-electron chi connectivity index (χ1n) is 7.04. The van der Waals surface area contributed by atoms with E-state index in [0.717, 1.165) is 18.2 Å². The number of amides is 1. The van der Waals surface area contributed by atoms with Crippen LogP contribution in [0.5, 0.6) is 0 Å². The third kappa shape index (κ3) is 5.58. The number of rotatable bonds is 4. The number of carbonyl (C=O) groups is 1. The minimum atomic E-state index is -4.58. The van der Waals surface area contributed by atoms with Crippen molar-refractivity contribution in [1.82, 2.24) is 5.32 Å². The Kier molecular flexibility index (Phi) is 6.55. The van der Waals surface area contributed by atoms with Crippen LogP contribution in [-0.2, 0) is 6.18 Å². The van der Waals surface area contributed by atoms with Crippen molar-refractivity contribution in [3.8, 4) is 0 Å². The number of carbonyl (C=O) groups excluding carboxylic acids is 1. The summed E-state index contributed by atoms with van der Waals surface area (Å²) in [7, 11) is 0. The van der Waals surface area contributed by atoms with Gasteiger partial charge in [-0.2, -0.15) is 13.2 Å². The van der Waals surface area contributed by atoms with Gasteiger partial charge in [-0.15, -0.1) is 0 Å². The number of hydrogen-bond donors (Lipinski definition) is 2. The Morgan fingerprint density at radius 2 is 1.62 bits per heavy atom. The normalized spacial score (nSPS) is 13.2. The summed E-state index contributed by atoms with van der Waals surface area (Å²) >= 11 is 23.5. The van der Waals surface area contributed by atoms with Crippen molar-refractivity contribution in [2.75, 3.05) is 5.32 Å². The molecule has 0 saturated heterocycles. The van der Waals surface area contributed by atoms with Crippen LogP contribution < -0.4 is 10.6 Å². The molecule has 0 fully saturated rings. The van der Waals surface area contributed by atoms with Gasteiger partial charge in [0, 0.05) is 5.56 Å². The summed E-state index contributed by atoms with van der Waals surface area (Å²) < 4.78 is 36.6. The first kappa shape index (κ1) is 21.0. The zero-order valence-electron chi connectivity index (χ0n) is 12.8. The second-order valence-electron chi connectivity index (χ2n) is 5.15. The molecule has 0 spiro atoms. The summed E-state index contributed by atoms with van der Waals surface area (Å²) in [6.45, 7) is 0. The molecule has 3 nitrogen and oxygen atoms in total. The van der Waals surface area contributed by atoms with Gasteiger partial charge in [0.05, 0.1) is 16.3 Å². The fourth-order valence-corrected chi connectivity index (χ4v) is 2.47. The standard InChI is InChI=1S/C16H11Cl4F3N2O/c17-11-7-6-10(16(21,22)23)8-12(11)24-14(15(18,19)20)25-13(26)9-4-2-1-3-5-9/h1-8,14,24H,(H,25,26).